The van der Waals surface area contributed by atoms with Crippen LogP contribution < -0.4 is 15.4 Å². The van der Waals surface area contributed by atoms with E-state index >= 15 is 0 Å². The summed E-state index contributed by atoms with van der Waals surface area (Å²) >= 11 is 1.76. The smallest absolute Gasteiger partial charge is 0.191 e. The third-order valence-electron chi connectivity index (χ3n) is 4.16. The number of ether oxygens (including phenoxy) is 1. The Morgan fingerprint density at radius 3 is 2.69 bits per heavy atom. The van der Waals surface area contributed by atoms with Crippen molar-refractivity contribution in [2.24, 2.45) is 4.99 Å². The van der Waals surface area contributed by atoms with E-state index in [0.717, 1.165) is 47.5 Å². The van der Waals surface area contributed by atoms with Crippen molar-refractivity contribution >= 4 is 17.3 Å². The molecule has 5 nitrogen and oxygen atoms in total. The van der Waals surface area contributed by atoms with Gasteiger partial charge in [-0.15, -0.1) is 11.3 Å². The molecule has 0 radical (unpaired) electrons. The van der Waals surface area contributed by atoms with Crippen molar-refractivity contribution in [3.63, 3.8) is 0 Å². The molecule has 0 saturated heterocycles. The molecule has 0 aliphatic heterocycles. The van der Waals surface area contributed by atoms with Crippen molar-refractivity contribution in [1.29, 1.82) is 0 Å². The number of thiazole rings is 1. The maximum atomic E-state index is 5.51. The van der Waals surface area contributed by atoms with Crippen LogP contribution in [-0.4, -0.2) is 31.1 Å². The third-order valence-corrected chi connectivity index (χ3v) is 5.29. The molecule has 0 aliphatic rings. The standard InChI is InChI=1S/C20H30N4OS/c1-7-21-20(22-11-10-19-15(4)23-16(5)26-19)24-14(3)17-12-13(2)8-9-18(17)25-6/h8-9,12,14H,7,10-11H2,1-6H3,(H2,21,22,24). The zero-order chi connectivity index (χ0) is 19.1. The summed E-state index contributed by atoms with van der Waals surface area (Å²) in [6.45, 7) is 12.0. The van der Waals surface area contributed by atoms with Crippen LogP contribution in [0.1, 0.15) is 46.6 Å². The molecule has 0 aliphatic carbocycles. The van der Waals surface area contributed by atoms with Crippen LogP contribution in [0.2, 0.25) is 0 Å². The summed E-state index contributed by atoms with van der Waals surface area (Å²) in [5.41, 5.74) is 3.47. The van der Waals surface area contributed by atoms with Crippen LogP contribution in [0, 0.1) is 20.8 Å². The van der Waals surface area contributed by atoms with E-state index in [1.165, 1.54) is 10.4 Å². The Morgan fingerprint density at radius 1 is 1.31 bits per heavy atom. The molecular weight excluding hydrogens is 344 g/mol. The number of methoxy groups -OCH3 is 1. The first kappa shape index (κ1) is 20.2. The molecule has 0 saturated carbocycles. The molecule has 0 fully saturated rings. The van der Waals surface area contributed by atoms with Gasteiger partial charge in [-0.05, 0) is 40.7 Å². The fourth-order valence-corrected chi connectivity index (χ4v) is 3.80. The third kappa shape index (κ3) is 5.46. The van der Waals surface area contributed by atoms with Gasteiger partial charge in [0.25, 0.3) is 0 Å². The van der Waals surface area contributed by atoms with Gasteiger partial charge in [-0.3, -0.25) is 4.99 Å². The molecule has 0 bridgehead atoms. The van der Waals surface area contributed by atoms with Crippen molar-refractivity contribution in [2.75, 3.05) is 20.2 Å². The van der Waals surface area contributed by atoms with Crippen molar-refractivity contribution < 1.29 is 4.74 Å². The first-order valence-corrected chi connectivity index (χ1v) is 9.88. The van der Waals surface area contributed by atoms with E-state index in [0.29, 0.717) is 0 Å². The van der Waals surface area contributed by atoms with Gasteiger partial charge in [-0.25, -0.2) is 4.98 Å². The van der Waals surface area contributed by atoms with Crippen molar-refractivity contribution in [3.05, 3.63) is 44.9 Å². The number of aryl methyl sites for hydroxylation is 3. The fraction of sp³-hybridized carbons (Fsp3) is 0.500. The molecule has 1 aromatic carbocycles. The maximum Gasteiger partial charge on any atom is 0.191 e. The van der Waals surface area contributed by atoms with Crippen LogP contribution in [0.4, 0.5) is 0 Å². The van der Waals surface area contributed by atoms with Crippen molar-refractivity contribution in [3.8, 4) is 5.75 Å². The number of rotatable bonds is 7. The molecule has 1 unspecified atom stereocenters. The molecule has 2 N–H and O–H groups in total. The van der Waals surface area contributed by atoms with E-state index in [4.69, 9.17) is 9.73 Å². The number of nitrogens with one attached hydrogen (secondary N) is 2. The highest BCUT2D eigenvalue weighted by Crippen LogP contribution is 2.26. The molecule has 0 spiro atoms. The monoisotopic (exact) mass is 374 g/mol. The van der Waals surface area contributed by atoms with E-state index in [-0.39, 0.29) is 6.04 Å². The van der Waals surface area contributed by atoms with Gasteiger partial charge in [0.15, 0.2) is 5.96 Å². The summed E-state index contributed by atoms with van der Waals surface area (Å²) in [5.74, 6) is 1.71. The highest BCUT2D eigenvalue weighted by Gasteiger charge is 2.13. The largest absolute Gasteiger partial charge is 0.496 e. The predicted octanol–water partition coefficient (Wildman–Crippen LogP) is 3.94. The van der Waals surface area contributed by atoms with Gasteiger partial charge in [0.1, 0.15) is 5.75 Å². The van der Waals surface area contributed by atoms with Crippen LogP contribution in [-0.2, 0) is 6.42 Å². The SMILES string of the molecule is CCNC(=NCCc1sc(C)nc1C)NC(C)c1cc(C)ccc1OC. The van der Waals surface area contributed by atoms with Gasteiger partial charge < -0.3 is 15.4 Å². The second kappa shape index (κ2) is 9.57. The quantitative estimate of drug-likeness (QED) is 0.569. The fourth-order valence-electron chi connectivity index (χ4n) is 2.87. The molecule has 1 aromatic heterocycles. The van der Waals surface area contributed by atoms with Gasteiger partial charge in [-0.1, -0.05) is 17.7 Å². The van der Waals surface area contributed by atoms with Gasteiger partial charge in [0.2, 0.25) is 0 Å². The molecule has 6 heteroatoms. The highest BCUT2D eigenvalue weighted by atomic mass is 32.1. The van der Waals surface area contributed by atoms with Crippen LogP contribution >= 0.6 is 11.3 Å². The van der Waals surface area contributed by atoms with Crippen LogP contribution in [0.15, 0.2) is 23.2 Å². The summed E-state index contributed by atoms with van der Waals surface area (Å²) in [7, 11) is 1.71. The van der Waals surface area contributed by atoms with E-state index in [1.54, 1.807) is 18.4 Å². The lowest BCUT2D eigenvalue weighted by Crippen LogP contribution is -2.39. The number of aromatic nitrogens is 1. The highest BCUT2D eigenvalue weighted by molar-refractivity contribution is 7.11. The van der Waals surface area contributed by atoms with Gasteiger partial charge in [-0.2, -0.15) is 0 Å². The molecule has 2 aromatic rings. The van der Waals surface area contributed by atoms with Crippen molar-refractivity contribution in [1.82, 2.24) is 15.6 Å². The predicted molar refractivity (Wildman–Crippen MR) is 111 cm³/mol. The summed E-state index contributed by atoms with van der Waals surface area (Å²) in [4.78, 5) is 10.5. The van der Waals surface area contributed by atoms with Crippen LogP contribution in [0.5, 0.6) is 5.75 Å². The Labute approximate surface area is 160 Å². The minimum Gasteiger partial charge on any atom is -0.496 e. The zero-order valence-corrected chi connectivity index (χ0v) is 17.5. The minimum atomic E-state index is 0.0926. The topological polar surface area (TPSA) is 58.5 Å². The lowest BCUT2D eigenvalue weighted by Gasteiger charge is -2.20. The van der Waals surface area contributed by atoms with E-state index in [9.17, 15) is 0 Å². The molecule has 1 atom stereocenters. The molecule has 1 heterocycles. The van der Waals surface area contributed by atoms with Crippen LogP contribution in [0.3, 0.4) is 0 Å². The van der Waals surface area contributed by atoms with Gasteiger partial charge in [0, 0.05) is 30.0 Å². The average Bonchev–Trinajstić information content (AvgIpc) is 2.92. The normalized spacial score (nSPS) is 12.8. The Hall–Kier alpha value is -2.08. The minimum absolute atomic E-state index is 0.0926. The molecular formula is C20H30N4OS. The second-order valence-electron chi connectivity index (χ2n) is 6.36. The second-order valence-corrected chi connectivity index (χ2v) is 7.65. The molecule has 26 heavy (non-hydrogen) atoms. The van der Waals surface area contributed by atoms with Gasteiger partial charge >= 0.3 is 0 Å². The molecule has 142 valence electrons. The summed E-state index contributed by atoms with van der Waals surface area (Å²) in [6.07, 6.45) is 0.913. The Balaban J connectivity index is 2.06. The first-order valence-electron chi connectivity index (χ1n) is 9.06. The van der Waals surface area contributed by atoms with Crippen molar-refractivity contribution in [2.45, 2.75) is 47.1 Å². The number of guanidine groups is 1. The van der Waals surface area contributed by atoms with Gasteiger partial charge in [0.05, 0.1) is 23.9 Å². The summed E-state index contributed by atoms with van der Waals surface area (Å²) in [5, 5.41) is 7.93. The maximum absolute atomic E-state index is 5.51. The lowest BCUT2D eigenvalue weighted by atomic mass is 10.0. The summed E-state index contributed by atoms with van der Waals surface area (Å²) in [6, 6.07) is 6.33. The molecule has 0 amide bonds. The molecule has 2 rings (SSSR count). The average molecular weight is 375 g/mol. The Kier molecular flexibility index (Phi) is 7.45. The number of aliphatic imine (C=N–C) groups is 1. The number of hydrogen-bond donors (Lipinski definition) is 2. The van der Waals surface area contributed by atoms with E-state index < -0.39 is 0 Å². The van der Waals surface area contributed by atoms with Crippen LogP contribution in [0.25, 0.3) is 0 Å². The first-order chi connectivity index (χ1) is 12.4. The Morgan fingerprint density at radius 2 is 2.08 bits per heavy atom. The number of hydrogen-bond acceptors (Lipinski definition) is 4. The lowest BCUT2D eigenvalue weighted by molar-refractivity contribution is 0.405. The summed E-state index contributed by atoms with van der Waals surface area (Å²) < 4.78 is 5.51. The van der Waals surface area contributed by atoms with E-state index in [1.807, 2.05) is 13.0 Å². The van der Waals surface area contributed by atoms with E-state index in [2.05, 4.69) is 55.4 Å². The number of nitrogens with zero attached hydrogens (tertiary/aromatic N) is 2. The Bertz CT molecular complexity index is 754. The number of benzene rings is 1. The zero-order valence-electron chi connectivity index (χ0n) is 16.6.